The highest BCUT2D eigenvalue weighted by Crippen LogP contribution is 2.55. The van der Waals surface area contributed by atoms with Crippen LogP contribution in [0.5, 0.6) is 23.0 Å². The van der Waals surface area contributed by atoms with Gasteiger partial charge in [0.05, 0.1) is 24.3 Å². The van der Waals surface area contributed by atoms with Gasteiger partial charge in [0.25, 0.3) is 5.79 Å². The van der Waals surface area contributed by atoms with E-state index < -0.39 is 5.79 Å². The van der Waals surface area contributed by atoms with E-state index in [0.29, 0.717) is 31.0 Å². The highest BCUT2D eigenvalue weighted by Gasteiger charge is 2.51. The van der Waals surface area contributed by atoms with Crippen LogP contribution in [-0.2, 0) is 0 Å². The molecule has 0 amide bonds. The second-order valence-electron chi connectivity index (χ2n) is 9.42. The molecule has 2 aromatic rings. The van der Waals surface area contributed by atoms with Crippen LogP contribution in [0.3, 0.4) is 0 Å². The Morgan fingerprint density at radius 2 is 1.33 bits per heavy atom. The fourth-order valence-electron chi connectivity index (χ4n) is 5.39. The van der Waals surface area contributed by atoms with E-state index >= 15 is 0 Å². The van der Waals surface area contributed by atoms with Crippen molar-refractivity contribution < 1.29 is 18.9 Å². The average molecular weight is 409 g/mol. The molecular weight excluding hydrogens is 376 g/mol. The third kappa shape index (κ3) is 3.30. The van der Waals surface area contributed by atoms with E-state index in [0.717, 1.165) is 59.8 Å². The molecule has 2 heterocycles. The molecule has 3 aliphatic rings. The predicted molar refractivity (Wildman–Crippen MR) is 117 cm³/mol. The van der Waals surface area contributed by atoms with Crippen molar-refractivity contribution in [3.05, 3.63) is 36.4 Å². The van der Waals surface area contributed by atoms with Crippen molar-refractivity contribution in [3.63, 3.8) is 0 Å². The maximum absolute atomic E-state index is 6.89. The lowest BCUT2D eigenvalue weighted by atomic mass is 9.72. The molecule has 4 nitrogen and oxygen atoms in total. The van der Waals surface area contributed by atoms with Gasteiger partial charge in [0.15, 0.2) is 0 Å². The Kier molecular flexibility index (Phi) is 5.04. The molecule has 1 saturated carbocycles. The van der Waals surface area contributed by atoms with Crippen LogP contribution in [-0.4, -0.2) is 19.0 Å². The molecule has 2 atom stereocenters. The van der Waals surface area contributed by atoms with Crippen molar-refractivity contribution in [1.29, 1.82) is 0 Å². The van der Waals surface area contributed by atoms with Gasteiger partial charge in [-0.25, -0.2) is 0 Å². The zero-order valence-electron chi connectivity index (χ0n) is 18.3. The molecule has 5 rings (SSSR count). The van der Waals surface area contributed by atoms with Crippen LogP contribution in [0.25, 0.3) is 11.1 Å². The highest BCUT2D eigenvalue weighted by molar-refractivity contribution is 5.86. The minimum Gasteiger partial charge on any atom is -0.493 e. The first kappa shape index (κ1) is 19.6. The van der Waals surface area contributed by atoms with Gasteiger partial charge in [0.2, 0.25) is 0 Å². The first-order valence-electron chi connectivity index (χ1n) is 11.5. The van der Waals surface area contributed by atoms with Gasteiger partial charge >= 0.3 is 0 Å². The summed E-state index contributed by atoms with van der Waals surface area (Å²) in [6, 6.07) is 12.2. The summed E-state index contributed by atoms with van der Waals surface area (Å²) < 4.78 is 26.2. The van der Waals surface area contributed by atoms with Crippen LogP contribution in [0.15, 0.2) is 36.4 Å². The number of ether oxygens (including phenoxy) is 4. The maximum atomic E-state index is 6.89. The van der Waals surface area contributed by atoms with Gasteiger partial charge in [-0.2, -0.15) is 0 Å². The van der Waals surface area contributed by atoms with E-state index in [2.05, 4.69) is 32.9 Å². The molecule has 0 N–H and O–H groups in total. The first-order chi connectivity index (χ1) is 14.6. The number of benzene rings is 2. The number of hydrogen-bond donors (Lipinski definition) is 0. The molecule has 2 aliphatic heterocycles. The summed E-state index contributed by atoms with van der Waals surface area (Å²) in [7, 11) is 0. The second-order valence-corrected chi connectivity index (χ2v) is 9.42. The molecular formula is C26H32O4. The molecule has 0 bridgehead atoms. The Bertz CT molecular complexity index is 860. The molecule has 30 heavy (non-hydrogen) atoms. The molecule has 1 fully saturated rings. The van der Waals surface area contributed by atoms with Gasteiger partial charge in [-0.15, -0.1) is 0 Å². The van der Waals surface area contributed by atoms with E-state index in [9.17, 15) is 0 Å². The van der Waals surface area contributed by atoms with Gasteiger partial charge < -0.3 is 18.9 Å². The summed E-state index contributed by atoms with van der Waals surface area (Å²) in [5.41, 5.74) is 1.92. The number of rotatable bonds is 1. The van der Waals surface area contributed by atoms with Crippen LogP contribution >= 0.6 is 0 Å². The van der Waals surface area contributed by atoms with Crippen LogP contribution in [0, 0.1) is 17.8 Å². The van der Waals surface area contributed by atoms with E-state index in [1.165, 1.54) is 6.42 Å². The molecule has 1 aliphatic carbocycles. The molecule has 1 spiro atoms. The summed E-state index contributed by atoms with van der Waals surface area (Å²) in [6.07, 6.45) is 5.13. The Morgan fingerprint density at radius 3 is 1.87 bits per heavy atom. The lowest BCUT2D eigenvalue weighted by Gasteiger charge is -2.46. The lowest BCUT2D eigenvalue weighted by molar-refractivity contribution is -0.194. The Balaban J connectivity index is 1.74. The van der Waals surface area contributed by atoms with E-state index in [-0.39, 0.29) is 0 Å². The minimum absolute atomic E-state index is 0.317. The summed E-state index contributed by atoms with van der Waals surface area (Å²) in [5.74, 6) is 4.01. The second kappa shape index (κ2) is 7.72. The Morgan fingerprint density at radius 1 is 0.800 bits per heavy atom. The highest BCUT2D eigenvalue weighted by atomic mass is 16.7. The average Bonchev–Trinajstić information content (AvgIpc) is 2.85. The van der Waals surface area contributed by atoms with Gasteiger partial charge in [0, 0.05) is 12.3 Å². The predicted octanol–water partition coefficient (Wildman–Crippen LogP) is 6.46. The minimum atomic E-state index is -0.677. The van der Waals surface area contributed by atoms with Crippen LogP contribution in [0.2, 0.25) is 0 Å². The largest absolute Gasteiger partial charge is 0.493 e. The molecule has 0 saturated heterocycles. The SMILES string of the molecule is CC(C)[C@@H]1CC[C@@H](C)CC12Oc1cccc3c1-c1c(cccc1O2)OCCCCO3. The summed E-state index contributed by atoms with van der Waals surface area (Å²) in [4.78, 5) is 0. The van der Waals surface area contributed by atoms with Crippen LogP contribution in [0.4, 0.5) is 0 Å². The third-order valence-corrected chi connectivity index (χ3v) is 6.82. The Labute approximate surface area is 179 Å². The topological polar surface area (TPSA) is 36.9 Å². The summed E-state index contributed by atoms with van der Waals surface area (Å²) in [6.45, 7) is 8.22. The molecule has 4 heteroatoms. The maximum Gasteiger partial charge on any atom is 0.254 e. The van der Waals surface area contributed by atoms with Gasteiger partial charge in [-0.3, -0.25) is 0 Å². The fourth-order valence-corrected chi connectivity index (χ4v) is 5.39. The quantitative estimate of drug-likeness (QED) is 0.542. The molecule has 2 aromatic carbocycles. The molecule has 160 valence electrons. The van der Waals surface area contributed by atoms with Crippen LogP contribution in [0.1, 0.15) is 52.9 Å². The molecule has 0 radical (unpaired) electrons. The van der Waals surface area contributed by atoms with Gasteiger partial charge in [-0.1, -0.05) is 32.9 Å². The van der Waals surface area contributed by atoms with Crippen LogP contribution < -0.4 is 18.9 Å². The molecule has 0 unspecified atom stereocenters. The third-order valence-electron chi connectivity index (χ3n) is 6.82. The van der Waals surface area contributed by atoms with Crippen molar-refractivity contribution in [2.75, 3.05) is 13.2 Å². The fraction of sp³-hybridized carbons (Fsp3) is 0.538. The van der Waals surface area contributed by atoms with E-state index in [4.69, 9.17) is 18.9 Å². The van der Waals surface area contributed by atoms with Crippen molar-refractivity contribution in [2.45, 2.75) is 58.7 Å². The van der Waals surface area contributed by atoms with Crippen molar-refractivity contribution in [3.8, 4) is 34.1 Å². The van der Waals surface area contributed by atoms with Gasteiger partial charge in [0.1, 0.15) is 23.0 Å². The van der Waals surface area contributed by atoms with Crippen molar-refractivity contribution in [1.82, 2.24) is 0 Å². The number of hydrogen-bond acceptors (Lipinski definition) is 4. The first-order valence-corrected chi connectivity index (χ1v) is 11.5. The smallest absolute Gasteiger partial charge is 0.254 e. The van der Waals surface area contributed by atoms with Gasteiger partial charge in [-0.05, 0) is 61.8 Å². The summed E-state index contributed by atoms with van der Waals surface area (Å²) >= 11 is 0. The normalized spacial score (nSPS) is 24.5. The van der Waals surface area contributed by atoms with E-state index in [1.807, 2.05) is 24.3 Å². The van der Waals surface area contributed by atoms with Crippen molar-refractivity contribution in [2.24, 2.45) is 17.8 Å². The summed E-state index contributed by atoms with van der Waals surface area (Å²) in [5, 5.41) is 0. The van der Waals surface area contributed by atoms with Crippen molar-refractivity contribution >= 4 is 0 Å². The monoisotopic (exact) mass is 408 g/mol. The zero-order chi connectivity index (χ0) is 20.7. The Hall–Kier alpha value is -2.36. The lowest BCUT2D eigenvalue weighted by Crippen LogP contribution is -2.54. The zero-order valence-corrected chi connectivity index (χ0v) is 18.3. The standard InChI is InChI=1S/C26H32O4/c1-17(2)19-13-12-18(3)16-26(19)29-22-10-6-8-20-24(22)25-21(9-7-11-23(25)30-26)28-15-5-4-14-27-20/h6-11,17-19H,4-5,12-16H2,1-3H3/t18-,19+/m1/s1. The molecule has 0 aromatic heterocycles. The van der Waals surface area contributed by atoms with E-state index in [1.54, 1.807) is 0 Å².